The van der Waals surface area contributed by atoms with Gasteiger partial charge >= 0.3 is 11.8 Å². The summed E-state index contributed by atoms with van der Waals surface area (Å²) >= 11 is 0. The van der Waals surface area contributed by atoms with Crippen LogP contribution in [0.4, 0.5) is 10.1 Å². The SMILES string of the molecule is Nc1ccc(C(=O)NC(=O)C(=O)NCc2ccccc2F)cc1. The van der Waals surface area contributed by atoms with E-state index in [9.17, 15) is 18.8 Å². The number of benzene rings is 2. The number of imide groups is 1. The van der Waals surface area contributed by atoms with E-state index in [4.69, 9.17) is 5.73 Å². The predicted molar refractivity (Wildman–Crippen MR) is 81.6 cm³/mol. The minimum absolute atomic E-state index is 0.158. The van der Waals surface area contributed by atoms with Gasteiger partial charge in [-0.15, -0.1) is 0 Å². The number of amides is 3. The van der Waals surface area contributed by atoms with Gasteiger partial charge in [-0.25, -0.2) is 4.39 Å². The number of nitrogens with two attached hydrogens (primary N) is 1. The lowest BCUT2D eigenvalue weighted by Crippen LogP contribution is -2.42. The summed E-state index contributed by atoms with van der Waals surface area (Å²) in [4.78, 5) is 35.1. The van der Waals surface area contributed by atoms with Gasteiger partial charge in [0.2, 0.25) is 0 Å². The molecule has 0 aliphatic carbocycles. The van der Waals surface area contributed by atoms with E-state index in [1.165, 1.54) is 42.5 Å². The summed E-state index contributed by atoms with van der Waals surface area (Å²) in [6.45, 7) is -0.158. The standard InChI is InChI=1S/C16H14FN3O3/c17-13-4-2-1-3-11(13)9-19-15(22)16(23)20-14(21)10-5-7-12(18)8-6-10/h1-8H,9,18H2,(H,19,22)(H,20,21,23). The number of carbonyl (C=O) groups is 3. The highest BCUT2D eigenvalue weighted by molar-refractivity contribution is 6.38. The zero-order chi connectivity index (χ0) is 16.8. The molecule has 23 heavy (non-hydrogen) atoms. The van der Waals surface area contributed by atoms with Gasteiger partial charge in [-0.3, -0.25) is 19.7 Å². The van der Waals surface area contributed by atoms with Crippen molar-refractivity contribution in [1.82, 2.24) is 10.6 Å². The number of hydrogen-bond donors (Lipinski definition) is 3. The summed E-state index contributed by atoms with van der Waals surface area (Å²) in [6, 6.07) is 11.7. The van der Waals surface area contributed by atoms with Crippen molar-refractivity contribution < 1.29 is 18.8 Å². The minimum Gasteiger partial charge on any atom is -0.399 e. The normalized spacial score (nSPS) is 9.96. The second-order valence-corrected chi connectivity index (χ2v) is 4.68. The zero-order valence-electron chi connectivity index (χ0n) is 12.0. The van der Waals surface area contributed by atoms with E-state index in [0.29, 0.717) is 5.69 Å². The van der Waals surface area contributed by atoms with Crippen LogP contribution < -0.4 is 16.4 Å². The molecule has 2 aromatic rings. The monoisotopic (exact) mass is 315 g/mol. The van der Waals surface area contributed by atoms with E-state index >= 15 is 0 Å². The van der Waals surface area contributed by atoms with Crippen LogP contribution in [-0.2, 0) is 16.1 Å². The molecule has 4 N–H and O–H groups in total. The number of nitrogen functional groups attached to an aromatic ring is 1. The molecule has 118 valence electrons. The van der Waals surface area contributed by atoms with Crippen LogP contribution in [-0.4, -0.2) is 17.7 Å². The predicted octanol–water partition coefficient (Wildman–Crippen LogP) is 0.981. The number of carbonyl (C=O) groups excluding carboxylic acids is 3. The van der Waals surface area contributed by atoms with Crippen molar-refractivity contribution in [3.63, 3.8) is 0 Å². The van der Waals surface area contributed by atoms with Crippen molar-refractivity contribution in [2.45, 2.75) is 6.54 Å². The molecule has 2 aromatic carbocycles. The summed E-state index contributed by atoms with van der Waals surface area (Å²) < 4.78 is 13.4. The number of nitrogens with one attached hydrogen (secondary N) is 2. The Balaban J connectivity index is 1.90. The fourth-order valence-corrected chi connectivity index (χ4v) is 1.76. The molecule has 0 unspecified atom stereocenters. The third kappa shape index (κ3) is 4.37. The number of hydrogen-bond acceptors (Lipinski definition) is 4. The molecule has 0 saturated carbocycles. The van der Waals surface area contributed by atoms with E-state index in [1.54, 1.807) is 6.07 Å². The molecule has 2 rings (SSSR count). The summed E-state index contributed by atoms with van der Waals surface area (Å²) in [7, 11) is 0. The lowest BCUT2D eigenvalue weighted by molar-refractivity contribution is -0.138. The molecule has 0 aliphatic heterocycles. The molecule has 3 amide bonds. The van der Waals surface area contributed by atoms with Gasteiger partial charge in [-0.05, 0) is 30.3 Å². The van der Waals surface area contributed by atoms with Crippen LogP contribution in [0.1, 0.15) is 15.9 Å². The highest BCUT2D eigenvalue weighted by Gasteiger charge is 2.17. The Morgan fingerprint density at radius 1 is 0.957 bits per heavy atom. The van der Waals surface area contributed by atoms with Crippen molar-refractivity contribution in [3.05, 3.63) is 65.5 Å². The smallest absolute Gasteiger partial charge is 0.316 e. The highest BCUT2D eigenvalue weighted by Crippen LogP contribution is 2.06. The van der Waals surface area contributed by atoms with Crippen molar-refractivity contribution in [2.24, 2.45) is 0 Å². The number of halogens is 1. The average Bonchev–Trinajstić information content (AvgIpc) is 2.54. The molecule has 0 radical (unpaired) electrons. The Labute approximate surface area is 131 Å². The lowest BCUT2D eigenvalue weighted by Gasteiger charge is -2.07. The quantitative estimate of drug-likeness (QED) is 0.580. The van der Waals surface area contributed by atoms with Gasteiger partial charge in [0, 0.05) is 23.4 Å². The first-order valence-electron chi connectivity index (χ1n) is 6.70. The molecule has 0 fully saturated rings. The van der Waals surface area contributed by atoms with Crippen molar-refractivity contribution >= 4 is 23.4 Å². The first-order chi connectivity index (χ1) is 11.0. The summed E-state index contributed by atoms with van der Waals surface area (Å²) in [5, 5.41) is 4.18. The van der Waals surface area contributed by atoms with E-state index in [2.05, 4.69) is 5.32 Å². The fraction of sp³-hybridized carbons (Fsp3) is 0.0625. The molecule has 0 aliphatic rings. The third-order valence-corrected chi connectivity index (χ3v) is 3.00. The van der Waals surface area contributed by atoms with Gasteiger partial charge in [0.1, 0.15) is 5.82 Å². The molecule has 0 atom stereocenters. The Kier molecular flexibility index (Phi) is 5.03. The molecular formula is C16H14FN3O3. The lowest BCUT2D eigenvalue weighted by atomic mass is 10.2. The number of anilines is 1. The van der Waals surface area contributed by atoms with E-state index < -0.39 is 23.5 Å². The molecule has 0 aromatic heterocycles. The topological polar surface area (TPSA) is 101 Å². The second-order valence-electron chi connectivity index (χ2n) is 4.68. The third-order valence-electron chi connectivity index (χ3n) is 3.00. The summed E-state index contributed by atoms with van der Waals surface area (Å²) in [5.41, 5.74) is 6.38. The molecule has 0 heterocycles. The van der Waals surface area contributed by atoms with Crippen molar-refractivity contribution in [1.29, 1.82) is 0 Å². The van der Waals surface area contributed by atoms with Crippen molar-refractivity contribution in [2.75, 3.05) is 5.73 Å². The molecule has 0 spiro atoms. The maximum absolute atomic E-state index is 13.4. The molecule has 0 saturated heterocycles. The zero-order valence-corrected chi connectivity index (χ0v) is 12.0. The fourth-order valence-electron chi connectivity index (χ4n) is 1.76. The van der Waals surface area contributed by atoms with Crippen LogP contribution in [0.15, 0.2) is 48.5 Å². The Morgan fingerprint density at radius 2 is 1.61 bits per heavy atom. The van der Waals surface area contributed by atoms with E-state index in [-0.39, 0.29) is 17.7 Å². The van der Waals surface area contributed by atoms with Gasteiger partial charge in [0.05, 0.1) is 0 Å². The van der Waals surface area contributed by atoms with Gasteiger partial charge < -0.3 is 11.1 Å². The maximum Gasteiger partial charge on any atom is 0.316 e. The molecular weight excluding hydrogens is 301 g/mol. The van der Waals surface area contributed by atoms with Crippen LogP contribution in [0.2, 0.25) is 0 Å². The Morgan fingerprint density at radius 3 is 2.26 bits per heavy atom. The van der Waals surface area contributed by atoms with Gasteiger partial charge in [0.15, 0.2) is 0 Å². The van der Waals surface area contributed by atoms with Gasteiger partial charge in [-0.1, -0.05) is 18.2 Å². The first-order valence-corrected chi connectivity index (χ1v) is 6.70. The van der Waals surface area contributed by atoms with Crippen LogP contribution in [0.25, 0.3) is 0 Å². The second kappa shape index (κ2) is 7.17. The molecule has 6 nitrogen and oxygen atoms in total. The molecule has 7 heteroatoms. The van der Waals surface area contributed by atoms with Gasteiger partial charge in [0.25, 0.3) is 5.91 Å². The van der Waals surface area contributed by atoms with Crippen LogP contribution in [0.3, 0.4) is 0 Å². The Hall–Kier alpha value is -3.22. The van der Waals surface area contributed by atoms with Crippen molar-refractivity contribution in [3.8, 4) is 0 Å². The highest BCUT2D eigenvalue weighted by atomic mass is 19.1. The minimum atomic E-state index is -1.12. The Bertz CT molecular complexity index is 744. The van der Waals surface area contributed by atoms with Gasteiger partial charge in [-0.2, -0.15) is 0 Å². The van der Waals surface area contributed by atoms with E-state index in [1.807, 2.05) is 5.32 Å². The summed E-state index contributed by atoms with van der Waals surface area (Å²) in [5.74, 6) is -3.37. The summed E-state index contributed by atoms with van der Waals surface area (Å²) in [6.07, 6.45) is 0. The van der Waals surface area contributed by atoms with E-state index in [0.717, 1.165) is 0 Å². The first kappa shape index (κ1) is 16.2. The number of rotatable bonds is 3. The van der Waals surface area contributed by atoms with Crippen LogP contribution in [0, 0.1) is 5.82 Å². The largest absolute Gasteiger partial charge is 0.399 e. The maximum atomic E-state index is 13.4. The van der Waals surface area contributed by atoms with Crippen LogP contribution in [0.5, 0.6) is 0 Å². The average molecular weight is 315 g/mol. The molecule has 0 bridgehead atoms. The van der Waals surface area contributed by atoms with Crippen LogP contribution >= 0.6 is 0 Å².